The number of carbonyl (C=O) groups excluding carboxylic acids is 2. The van der Waals surface area contributed by atoms with E-state index in [1.807, 2.05) is 6.92 Å². The van der Waals surface area contributed by atoms with Crippen molar-refractivity contribution >= 4 is 11.9 Å². The van der Waals surface area contributed by atoms with Crippen molar-refractivity contribution in [3.63, 3.8) is 0 Å². The molecule has 0 aliphatic carbocycles. The third-order valence-electron chi connectivity index (χ3n) is 5.23. The molecule has 0 spiro atoms. The topological polar surface area (TPSA) is 92.8 Å². The van der Waals surface area contributed by atoms with Crippen molar-refractivity contribution < 1.29 is 38.0 Å². The summed E-state index contributed by atoms with van der Waals surface area (Å²) >= 11 is 0. The van der Waals surface area contributed by atoms with E-state index >= 15 is 0 Å². The second-order valence-electron chi connectivity index (χ2n) is 7.24. The molecule has 0 unspecified atom stereocenters. The molecule has 2 heterocycles. The first-order valence-corrected chi connectivity index (χ1v) is 9.43. The van der Waals surface area contributed by atoms with Crippen LogP contribution in [0, 0.1) is 5.92 Å². The predicted octanol–water partition coefficient (Wildman–Crippen LogP) is 3.29. The monoisotopic (exact) mass is 406 g/mol. The molecule has 0 radical (unpaired) electrons. The molecule has 3 rings (SSSR count). The smallest absolute Gasteiger partial charge is 0.319 e. The van der Waals surface area contributed by atoms with Crippen LogP contribution in [0.15, 0.2) is 24.0 Å². The van der Waals surface area contributed by atoms with E-state index in [0.717, 1.165) is 0 Å². The summed E-state index contributed by atoms with van der Waals surface area (Å²) in [5.41, 5.74) is 0.499. The Bertz CT molecular complexity index is 845. The Balaban J connectivity index is 1.95. The highest BCUT2D eigenvalue weighted by atomic mass is 16.8. The van der Waals surface area contributed by atoms with Gasteiger partial charge in [-0.1, -0.05) is 6.92 Å². The lowest BCUT2D eigenvalue weighted by molar-refractivity contribution is -0.165. The number of allylic oxidation sites excluding steroid dienone is 2. The number of esters is 2. The highest BCUT2D eigenvalue weighted by Crippen LogP contribution is 2.45. The Labute approximate surface area is 169 Å². The average Bonchev–Trinajstić information content (AvgIpc) is 3.06. The molecule has 0 amide bonds. The summed E-state index contributed by atoms with van der Waals surface area (Å²) in [6.07, 6.45) is 1.47. The Hall–Kier alpha value is -2.74. The largest absolute Gasteiger partial charge is 0.493 e. The Morgan fingerprint density at radius 1 is 1.28 bits per heavy atom. The molecule has 1 fully saturated rings. The molecule has 0 saturated carbocycles. The first-order chi connectivity index (χ1) is 13.7. The second kappa shape index (κ2) is 7.94. The van der Waals surface area contributed by atoms with Gasteiger partial charge in [-0.25, -0.2) is 0 Å². The maximum Gasteiger partial charge on any atom is 0.319 e. The van der Waals surface area contributed by atoms with Crippen LogP contribution in [0.3, 0.4) is 0 Å². The van der Waals surface area contributed by atoms with Gasteiger partial charge in [0.05, 0.1) is 18.9 Å². The molecule has 0 aromatic heterocycles. The fourth-order valence-electron chi connectivity index (χ4n) is 3.09. The van der Waals surface area contributed by atoms with Gasteiger partial charge in [-0.15, -0.1) is 0 Å². The minimum atomic E-state index is -0.967. The van der Waals surface area contributed by atoms with E-state index in [9.17, 15) is 9.59 Å². The van der Waals surface area contributed by atoms with Crippen molar-refractivity contribution in [1.29, 1.82) is 0 Å². The van der Waals surface area contributed by atoms with Gasteiger partial charge in [0.25, 0.3) is 0 Å². The summed E-state index contributed by atoms with van der Waals surface area (Å²) in [6, 6.07) is 3.30. The van der Waals surface area contributed by atoms with Crippen LogP contribution in [0.2, 0.25) is 0 Å². The maximum atomic E-state index is 13.0. The van der Waals surface area contributed by atoms with E-state index in [1.54, 1.807) is 45.9 Å². The van der Waals surface area contributed by atoms with Gasteiger partial charge in [0.2, 0.25) is 18.3 Å². The lowest BCUT2D eigenvalue weighted by Crippen LogP contribution is -2.32. The minimum Gasteiger partial charge on any atom is -0.493 e. The quantitative estimate of drug-likeness (QED) is 0.387. The number of hydrogen-bond donors (Lipinski definition) is 0. The van der Waals surface area contributed by atoms with Crippen molar-refractivity contribution in [3.05, 3.63) is 29.5 Å². The minimum absolute atomic E-state index is 0.0487. The van der Waals surface area contributed by atoms with Crippen LogP contribution < -0.4 is 14.2 Å². The van der Waals surface area contributed by atoms with E-state index in [2.05, 4.69) is 0 Å². The van der Waals surface area contributed by atoms with Crippen LogP contribution in [0.5, 0.6) is 17.2 Å². The van der Waals surface area contributed by atoms with Crippen LogP contribution in [-0.4, -0.2) is 37.7 Å². The summed E-state index contributed by atoms with van der Waals surface area (Å²) in [6.45, 7) is 8.58. The van der Waals surface area contributed by atoms with Gasteiger partial charge in [-0.05, 0) is 44.5 Å². The number of epoxide rings is 1. The van der Waals surface area contributed by atoms with Crippen molar-refractivity contribution in [3.8, 4) is 17.2 Å². The van der Waals surface area contributed by atoms with E-state index in [1.165, 1.54) is 7.11 Å². The molecule has 2 aliphatic rings. The number of rotatable bonds is 7. The molecule has 1 aromatic rings. The number of carbonyl (C=O) groups is 2. The lowest BCUT2D eigenvalue weighted by atomic mass is 9.86. The Morgan fingerprint density at radius 3 is 2.55 bits per heavy atom. The summed E-state index contributed by atoms with van der Waals surface area (Å²) in [4.78, 5) is 25.8. The molecule has 8 heteroatoms. The van der Waals surface area contributed by atoms with Crippen molar-refractivity contribution in [2.24, 2.45) is 5.92 Å². The predicted molar refractivity (Wildman–Crippen MR) is 102 cm³/mol. The highest BCUT2D eigenvalue weighted by molar-refractivity contribution is 5.87. The van der Waals surface area contributed by atoms with Crippen molar-refractivity contribution in [2.45, 2.75) is 52.4 Å². The normalized spacial score (nSPS) is 24.5. The van der Waals surface area contributed by atoms with E-state index in [0.29, 0.717) is 28.6 Å². The standard InChI is InChI=1S/C21H26O8/c1-7-11(2)27-20(23)17(12(3)19(22)29-21(5)13(4)28-21)14-8-15(24-6)18-16(9-14)25-10-26-18/h7-9,12-13,17H,10H2,1-6H3/t12-,13-,17+,21-/m1/s1. The first kappa shape index (κ1) is 21.0. The maximum absolute atomic E-state index is 13.0. The highest BCUT2D eigenvalue weighted by Gasteiger charge is 2.54. The number of fused-ring (bicyclic) bond motifs is 1. The molecule has 2 aliphatic heterocycles. The third kappa shape index (κ3) is 4.17. The first-order valence-electron chi connectivity index (χ1n) is 9.43. The Kier molecular flexibility index (Phi) is 5.75. The SMILES string of the molecule is CC=C(C)OC(=O)[C@H](c1cc(OC)c2c(c1)OCO2)[C@@H](C)C(=O)O[C@@]1(C)O[C@@H]1C. The summed E-state index contributed by atoms with van der Waals surface area (Å²) in [7, 11) is 1.49. The molecule has 8 nitrogen and oxygen atoms in total. The molecule has 158 valence electrons. The Morgan fingerprint density at radius 2 is 1.97 bits per heavy atom. The zero-order valence-electron chi connectivity index (χ0n) is 17.4. The van der Waals surface area contributed by atoms with E-state index < -0.39 is 29.6 Å². The molecular weight excluding hydrogens is 380 g/mol. The van der Waals surface area contributed by atoms with Gasteiger partial charge < -0.3 is 28.4 Å². The zero-order valence-corrected chi connectivity index (χ0v) is 17.4. The number of methoxy groups -OCH3 is 1. The lowest BCUT2D eigenvalue weighted by Gasteiger charge is -2.23. The zero-order chi connectivity index (χ0) is 21.3. The second-order valence-corrected chi connectivity index (χ2v) is 7.24. The number of ether oxygens (including phenoxy) is 6. The van der Waals surface area contributed by atoms with Gasteiger partial charge in [0, 0.05) is 6.92 Å². The van der Waals surface area contributed by atoms with Crippen molar-refractivity contribution in [1.82, 2.24) is 0 Å². The molecule has 0 bridgehead atoms. The molecule has 0 N–H and O–H groups in total. The molecule has 1 aromatic carbocycles. The summed E-state index contributed by atoms with van der Waals surface area (Å²) in [5.74, 6) is -2.17. The van der Waals surface area contributed by atoms with E-state index in [-0.39, 0.29) is 12.9 Å². The van der Waals surface area contributed by atoms with Gasteiger partial charge >= 0.3 is 11.9 Å². The van der Waals surface area contributed by atoms with E-state index in [4.69, 9.17) is 28.4 Å². The average molecular weight is 406 g/mol. The fraction of sp³-hybridized carbons (Fsp3) is 0.524. The van der Waals surface area contributed by atoms with Crippen LogP contribution in [0.25, 0.3) is 0 Å². The molecule has 29 heavy (non-hydrogen) atoms. The summed E-state index contributed by atoms with van der Waals surface area (Å²) < 4.78 is 32.5. The van der Waals surface area contributed by atoms with Gasteiger partial charge in [0.15, 0.2) is 11.5 Å². The fourth-order valence-corrected chi connectivity index (χ4v) is 3.09. The summed E-state index contributed by atoms with van der Waals surface area (Å²) in [5, 5.41) is 0. The van der Waals surface area contributed by atoms with Crippen LogP contribution >= 0.6 is 0 Å². The molecule has 1 saturated heterocycles. The number of hydrogen-bond acceptors (Lipinski definition) is 8. The van der Waals surface area contributed by atoms with Crippen LogP contribution in [0.1, 0.15) is 46.1 Å². The third-order valence-corrected chi connectivity index (χ3v) is 5.23. The number of benzene rings is 1. The van der Waals surface area contributed by atoms with Crippen molar-refractivity contribution in [2.75, 3.05) is 13.9 Å². The molecular formula is C21H26O8. The van der Waals surface area contributed by atoms with Crippen LogP contribution in [-0.2, 0) is 23.8 Å². The van der Waals surface area contributed by atoms with Crippen LogP contribution in [0.4, 0.5) is 0 Å². The van der Waals surface area contributed by atoms with Gasteiger partial charge in [-0.3, -0.25) is 9.59 Å². The van der Waals surface area contributed by atoms with Gasteiger partial charge in [-0.2, -0.15) is 0 Å². The molecule has 4 atom stereocenters. The van der Waals surface area contributed by atoms with Gasteiger partial charge in [0.1, 0.15) is 11.9 Å².